The van der Waals surface area contributed by atoms with Gasteiger partial charge in [-0.2, -0.15) is 0 Å². The number of hydrogen-bond donors (Lipinski definition) is 1. The van der Waals surface area contributed by atoms with E-state index in [1.165, 1.54) is 16.7 Å². The van der Waals surface area contributed by atoms with Gasteiger partial charge < -0.3 is 9.84 Å². The van der Waals surface area contributed by atoms with Gasteiger partial charge in [0.15, 0.2) is 0 Å². The van der Waals surface area contributed by atoms with Gasteiger partial charge in [0.1, 0.15) is 27.8 Å². The number of hydrogen-bond acceptors (Lipinski definition) is 7. The second-order valence-corrected chi connectivity index (χ2v) is 8.07. The van der Waals surface area contributed by atoms with Gasteiger partial charge in [0.05, 0.1) is 11.9 Å². The van der Waals surface area contributed by atoms with E-state index in [4.69, 9.17) is 4.74 Å². The van der Waals surface area contributed by atoms with E-state index in [9.17, 15) is 19.5 Å². The Kier molecular flexibility index (Phi) is 5.43. The minimum Gasteiger partial charge on any atom is -0.506 e. The summed E-state index contributed by atoms with van der Waals surface area (Å²) in [5, 5.41) is 10.1. The predicted octanol–water partition coefficient (Wildman–Crippen LogP) is 2.58. The Labute approximate surface area is 180 Å². The standard InChI is InChI=1S/C22H19N3O5S/c1-13-8-9-17(26)16(23-13)12-30-21(28)18-10-15-19(27)25(11-14-6-4-3-5-7-14)22(29)24(2)20(15)31-18/h3-10,26H,11-12H2,1-2H3. The highest BCUT2D eigenvalue weighted by molar-refractivity contribution is 7.20. The molecule has 0 radical (unpaired) electrons. The van der Waals surface area contributed by atoms with Crippen LogP contribution in [0.4, 0.5) is 0 Å². The lowest BCUT2D eigenvalue weighted by Gasteiger charge is -2.08. The van der Waals surface area contributed by atoms with Crippen LogP contribution < -0.4 is 11.2 Å². The van der Waals surface area contributed by atoms with Crippen LogP contribution in [0.15, 0.2) is 58.1 Å². The number of ether oxygens (including phenoxy) is 1. The molecule has 4 aromatic rings. The third-order valence-corrected chi connectivity index (χ3v) is 6.02. The summed E-state index contributed by atoms with van der Waals surface area (Å²) in [7, 11) is 1.56. The fourth-order valence-electron chi connectivity index (χ4n) is 3.20. The molecule has 9 heteroatoms. The van der Waals surface area contributed by atoms with Gasteiger partial charge in [0.25, 0.3) is 5.56 Å². The second kappa shape index (κ2) is 8.19. The Balaban J connectivity index is 1.66. The number of aromatic nitrogens is 3. The van der Waals surface area contributed by atoms with Gasteiger partial charge in [0.2, 0.25) is 0 Å². The van der Waals surface area contributed by atoms with Crippen LogP contribution in [0.1, 0.15) is 26.6 Å². The van der Waals surface area contributed by atoms with Crippen molar-refractivity contribution in [1.29, 1.82) is 0 Å². The van der Waals surface area contributed by atoms with Crippen molar-refractivity contribution >= 4 is 27.5 Å². The Morgan fingerprint density at radius 2 is 1.90 bits per heavy atom. The zero-order valence-electron chi connectivity index (χ0n) is 16.9. The number of aromatic hydroxyl groups is 1. The van der Waals surface area contributed by atoms with Gasteiger partial charge in [0, 0.05) is 12.7 Å². The summed E-state index contributed by atoms with van der Waals surface area (Å²) in [5.74, 6) is -0.730. The molecule has 0 saturated heterocycles. The number of carbonyl (C=O) groups is 1. The lowest BCUT2D eigenvalue weighted by molar-refractivity contribution is 0.0471. The lowest BCUT2D eigenvalue weighted by Crippen LogP contribution is -2.38. The molecule has 1 aromatic carbocycles. The van der Waals surface area contributed by atoms with Crippen molar-refractivity contribution in [2.45, 2.75) is 20.1 Å². The van der Waals surface area contributed by atoms with Gasteiger partial charge >= 0.3 is 11.7 Å². The largest absolute Gasteiger partial charge is 0.506 e. The SMILES string of the molecule is Cc1ccc(O)c(COC(=O)c2cc3c(=O)n(Cc4ccccc4)c(=O)n(C)c3s2)n1. The molecule has 0 aliphatic heterocycles. The smallest absolute Gasteiger partial charge is 0.348 e. The van der Waals surface area contributed by atoms with Crippen molar-refractivity contribution in [2.24, 2.45) is 7.05 Å². The summed E-state index contributed by atoms with van der Waals surface area (Å²) < 4.78 is 7.77. The molecule has 0 aliphatic carbocycles. The number of rotatable bonds is 5. The van der Waals surface area contributed by atoms with E-state index in [-0.39, 0.29) is 34.9 Å². The molecule has 1 N–H and O–H groups in total. The highest BCUT2D eigenvalue weighted by Crippen LogP contribution is 2.23. The zero-order valence-corrected chi connectivity index (χ0v) is 17.7. The van der Waals surface area contributed by atoms with Crippen LogP contribution in [-0.4, -0.2) is 25.2 Å². The highest BCUT2D eigenvalue weighted by atomic mass is 32.1. The van der Waals surface area contributed by atoms with E-state index in [0.717, 1.165) is 21.5 Å². The molecular weight excluding hydrogens is 418 g/mol. The van der Waals surface area contributed by atoms with Crippen LogP contribution in [0, 0.1) is 6.92 Å². The molecule has 4 rings (SSSR count). The number of esters is 1. The van der Waals surface area contributed by atoms with E-state index in [1.54, 1.807) is 20.0 Å². The number of thiophene rings is 1. The molecule has 0 atom stereocenters. The molecule has 3 heterocycles. The Morgan fingerprint density at radius 3 is 2.65 bits per heavy atom. The van der Waals surface area contributed by atoms with Crippen LogP contribution in [0.3, 0.4) is 0 Å². The molecule has 0 aliphatic rings. The quantitative estimate of drug-likeness (QED) is 0.482. The normalized spacial score (nSPS) is 11.0. The van der Waals surface area contributed by atoms with Crippen molar-refractivity contribution in [3.63, 3.8) is 0 Å². The first-order valence-corrected chi connectivity index (χ1v) is 10.3. The number of pyridine rings is 1. The number of benzene rings is 1. The molecule has 31 heavy (non-hydrogen) atoms. The first-order valence-electron chi connectivity index (χ1n) is 9.45. The van der Waals surface area contributed by atoms with Crippen LogP contribution in [0.2, 0.25) is 0 Å². The summed E-state index contributed by atoms with van der Waals surface area (Å²) >= 11 is 1.01. The number of carbonyl (C=O) groups excluding carboxylic acids is 1. The van der Waals surface area contributed by atoms with Crippen LogP contribution in [0.25, 0.3) is 10.2 Å². The zero-order chi connectivity index (χ0) is 22.1. The maximum atomic E-state index is 13.0. The minimum atomic E-state index is -0.662. The second-order valence-electron chi connectivity index (χ2n) is 7.04. The molecule has 0 unspecified atom stereocenters. The molecule has 0 fully saturated rings. The van der Waals surface area contributed by atoms with Crippen LogP contribution >= 0.6 is 11.3 Å². The first-order chi connectivity index (χ1) is 14.8. The van der Waals surface area contributed by atoms with Gasteiger partial charge in [-0.15, -0.1) is 11.3 Å². The maximum absolute atomic E-state index is 13.0. The van der Waals surface area contributed by atoms with Gasteiger partial charge in [-0.25, -0.2) is 9.59 Å². The van der Waals surface area contributed by atoms with Crippen molar-refractivity contribution in [3.05, 3.63) is 91.2 Å². The van der Waals surface area contributed by atoms with Gasteiger partial charge in [-0.3, -0.25) is 18.9 Å². The molecule has 8 nitrogen and oxygen atoms in total. The molecule has 0 spiro atoms. The number of nitrogens with zero attached hydrogens (tertiary/aromatic N) is 3. The van der Waals surface area contributed by atoms with Crippen LogP contribution in [-0.2, 0) is 24.9 Å². The van der Waals surface area contributed by atoms with Crippen molar-refractivity contribution in [2.75, 3.05) is 0 Å². The molecule has 0 bridgehead atoms. The van der Waals surface area contributed by atoms with Gasteiger partial charge in [-0.05, 0) is 30.7 Å². The van der Waals surface area contributed by atoms with E-state index < -0.39 is 17.2 Å². The lowest BCUT2D eigenvalue weighted by atomic mass is 10.2. The predicted molar refractivity (Wildman–Crippen MR) is 117 cm³/mol. The van der Waals surface area contributed by atoms with Crippen LogP contribution in [0.5, 0.6) is 5.75 Å². The Hall–Kier alpha value is -3.72. The fraction of sp³-hybridized carbons (Fsp3) is 0.182. The molecular formula is C22H19N3O5S. The minimum absolute atomic E-state index is 0.0686. The summed E-state index contributed by atoms with van der Waals surface area (Å²) in [6.07, 6.45) is 0. The summed E-state index contributed by atoms with van der Waals surface area (Å²) in [4.78, 5) is 43.0. The maximum Gasteiger partial charge on any atom is 0.348 e. The van der Waals surface area contributed by atoms with E-state index in [0.29, 0.717) is 10.5 Å². The van der Waals surface area contributed by atoms with E-state index in [2.05, 4.69) is 4.98 Å². The topological polar surface area (TPSA) is 103 Å². The number of fused-ring (bicyclic) bond motifs is 1. The van der Waals surface area contributed by atoms with Gasteiger partial charge in [-0.1, -0.05) is 30.3 Å². The fourth-order valence-corrected chi connectivity index (χ4v) is 4.20. The third kappa shape index (κ3) is 3.99. The first kappa shape index (κ1) is 20.5. The summed E-state index contributed by atoms with van der Waals surface area (Å²) in [5.41, 5.74) is 0.820. The molecule has 3 aromatic heterocycles. The summed E-state index contributed by atoms with van der Waals surface area (Å²) in [6.45, 7) is 1.69. The Bertz CT molecular complexity index is 1400. The third-order valence-electron chi connectivity index (χ3n) is 4.82. The van der Waals surface area contributed by atoms with Crippen molar-refractivity contribution in [3.8, 4) is 5.75 Å². The Morgan fingerprint density at radius 1 is 1.16 bits per heavy atom. The van der Waals surface area contributed by atoms with E-state index in [1.807, 2.05) is 30.3 Å². The van der Waals surface area contributed by atoms with E-state index >= 15 is 0 Å². The molecule has 158 valence electrons. The molecule has 0 amide bonds. The summed E-state index contributed by atoms with van der Waals surface area (Å²) in [6, 6.07) is 13.8. The monoisotopic (exact) mass is 437 g/mol. The average Bonchev–Trinajstić information content (AvgIpc) is 3.22. The molecule has 0 saturated carbocycles. The number of aryl methyl sites for hydroxylation is 2. The van der Waals surface area contributed by atoms with Crippen molar-refractivity contribution < 1.29 is 14.6 Å². The average molecular weight is 437 g/mol. The van der Waals surface area contributed by atoms with Crippen molar-refractivity contribution in [1.82, 2.24) is 14.1 Å². The highest BCUT2D eigenvalue weighted by Gasteiger charge is 2.19.